The zero-order valence-electron chi connectivity index (χ0n) is 17.6. The molecule has 162 valence electrons. The van der Waals surface area contributed by atoms with Gasteiger partial charge in [0.1, 0.15) is 5.75 Å². The third-order valence-electron chi connectivity index (χ3n) is 4.43. The fourth-order valence-corrected chi connectivity index (χ4v) is 4.40. The summed E-state index contributed by atoms with van der Waals surface area (Å²) < 4.78 is 6.60. The number of benzene rings is 2. The van der Waals surface area contributed by atoms with E-state index in [2.05, 4.69) is 22.4 Å². The number of amides is 1. The lowest BCUT2D eigenvalue weighted by Gasteiger charge is -2.05. The van der Waals surface area contributed by atoms with E-state index in [1.165, 1.54) is 42.4 Å². The number of thiazole rings is 1. The summed E-state index contributed by atoms with van der Waals surface area (Å²) in [5.41, 5.74) is 5.47. The molecule has 0 fully saturated rings. The van der Waals surface area contributed by atoms with Gasteiger partial charge in [-0.15, -0.1) is 11.3 Å². The molecule has 0 bridgehead atoms. The van der Waals surface area contributed by atoms with Crippen LogP contribution >= 0.6 is 23.1 Å². The quantitative estimate of drug-likeness (QED) is 0.158. The molecule has 1 aromatic heterocycles. The van der Waals surface area contributed by atoms with E-state index in [-0.39, 0.29) is 11.7 Å². The second-order valence-electron chi connectivity index (χ2n) is 6.92. The van der Waals surface area contributed by atoms with Gasteiger partial charge in [-0.25, -0.2) is 10.4 Å². The predicted molar refractivity (Wildman–Crippen MR) is 130 cm³/mol. The molecule has 1 N–H and O–H groups in total. The van der Waals surface area contributed by atoms with E-state index in [0.717, 1.165) is 39.9 Å². The van der Waals surface area contributed by atoms with E-state index < -0.39 is 0 Å². The molecule has 0 unspecified atom stereocenters. The Morgan fingerprint density at radius 2 is 1.94 bits per heavy atom. The molecule has 7 heteroatoms. The van der Waals surface area contributed by atoms with Gasteiger partial charge in [0.15, 0.2) is 4.34 Å². The van der Waals surface area contributed by atoms with Gasteiger partial charge in [0.25, 0.3) is 5.91 Å². The number of unbranched alkanes of at least 4 members (excludes halogenated alkanes) is 3. The first-order valence-corrected chi connectivity index (χ1v) is 12.3. The smallest absolute Gasteiger partial charge is 0.250 e. The Labute approximate surface area is 192 Å². The third kappa shape index (κ3) is 8.19. The first-order valence-electron chi connectivity index (χ1n) is 10.4. The Kier molecular flexibility index (Phi) is 9.60. The fraction of sp³-hybridized carbons (Fsp3) is 0.292. The highest BCUT2D eigenvalue weighted by Crippen LogP contribution is 2.27. The molecular formula is C24H27N3O2S2. The van der Waals surface area contributed by atoms with E-state index in [1.807, 2.05) is 60.0 Å². The summed E-state index contributed by atoms with van der Waals surface area (Å²) in [6.45, 7) is 2.94. The molecule has 0 saturated carbocycles. The Morgan fingerprint density at radius 3 is 2.71 bits per heavy atom. The number of hydrogen-bond acceptors (Lipinski definition) is 6. The van der Waals surface area contributed by atoms with Crippen LogP contribution in [0.1, 0.15) is 38.2 Å². The summed E-state index contributed by atoms with van der Waals surface area (Å²) in [7, 11) is 0. The Bertz CT molecular complexity index is 956. The number of aromatic nitrogens is 1. The maximum Gasteiger partial charge on any atom is 0.250 e. The maximum absolute atomic E-state index is 12.0. The second kappa shape index (κ2) is 12.9. The lowest BCUT2D eigenvalue weighted by Crippen LogP contribution is -2.19. The maximum atomic E-state index is 12.0. The molecular weight excluding hydrogens is 426 g/mol. The third-order valence-corrected chi connectivity index (χ3v) is 6.45. The zero-order valence-corrected chi connectivity index (χ0v) is 19.3. The van der Waals surface area contributed by atoms with Crippen LogP contribution in [0.3, 0.4) is 0 Å². The monoisotopic (exact) mass is 453 g/mol. The summed E-state index contributed by atoms with van der Waals surface area (Å²) >= 11 is 2.95. The van der Waals surface area contributed by atoms with Crippen molar-refractivity contribution in [2.24, 2.45) is 5.10 Å². The van der Waals surface area contributed by atoms with E-state index in [0.29, 0.717) is 0 Å². The number of carbonyl (C=O) groups excluding carboxylic acids is 1. The van der Waals surface area contributed by atoms with Crippen LogP contribution in [0, 0.1) is 0 Å². The summed E-state index contributed by atoms with van der Waals surface area (Å²) in [6.07, 6.45) is 6.39. The molecule has 0 radical (unpaired) electrons. The summed E-state index contributed by atoms with van der Waals surface area (Å²) in [6, 6.07) is 17.7. The highest BCUT2D eigenvalue weighted by atomic mass is 32.2. The Morgan fingerprint density at radius 1 is 1.13 bits per heavy atom. The van der Waals surface area contributed by atoms with Gasteiger partial charge in [0.05, 0.1) is 24.3 Å². The van der Waals surface area contributed by atoms with Crippen molar-refractivity contribution >= 4 is 35.2 Å². The molecule has 2 aromatic carbocycles. The van der Waals surface area contributed by atoms with Crippen molar-refractivity contribution in [3.63, 3.8) is 0 Å². The first-order chi connectivity index (χ1) is 15.2. The number of thioether (sulfide) groups is 1. The molecule has 0 spiro atoms. The first kappa shape index (κ1) is 23.0. The number of hydrazone groups is 1. The average Bonchev–Trinajstić information content (AvgIpc) is 3.28. The van der Waals surface area contributed by atoms with Gasteiger partial charge in [-0.05, 0) is 36.2 Å². The molecule has 0 aliphatic heterocycles. The van der Waals surface area contributed by atoms with Crippen molar-refractivity contribution in [3.8, 4) is 17.0 Å². The van der Waals surface area contributed by atoms with Gasteiger partial charge < -0.3 is 4.74 Å². The van der Waals surface area contributed by atoms with Gasteiger partial charge in [-0.2, -0.15) is 5.10 Å². The van der Waals surface area contributed by atoms with Crippen LogP contribution in [0.2, 0.25) is 0 Å². The minimum Gasteiger partial charge on any atom is -0.494 e. The summed E-state index contributed by atoms with van der Waals surface area (Å²) in [4.78, 5) is 16.6. The highest BCUT2D eigenvalue weighted by Gasteiger charge is 2.07. The number of nitrogens with one attached hydrogen (secondary N) is 1. The van der Waals surface area contributed by atoms with Gasteiger partial charge in [0, 0.05) is 10.9 Å². The number of hydrogen-bond donors (Lipinski definition) is 1. The number of ether oxygens (including phenoxy) is 1. The minimum absolute atomic E-state index is 0.162. The van der Waals surface area contributed by atoms with Gasteiger partial charge in [-0.3, -0.25) is 4.79 Å². The number of carbonyl (C=O) groups is 1. The fourth-order valence-electron chi connectivity index (χ4n) is 2.77. The average molecular weight is 454 g/mol. The lowest BCUT2D eigenvalue weighted by atomic mass is 10.2. The van der Waals surface area contributed by atoms with Crippen LogP contribution in [-0.4, -0.2) is 29.5 Å². The van der Waals surface area contributed by atoms with Crippen LogP contribution in [0.15, 0.2) is 69.4 Å². The molecule has 0 aliphatic carbocycles. The SMILES string of the molecule is CCCCCCOc1ccc(/C=N/NC(=O)CSc2nc(-c3ccccc3)cs2)cc1. The van der Waals surface area contributed by atoms with E-state index in [4.69, 9.17) is 4.74 Å². The normalized spacial score (nSPS) is 11.0. The molecule has 1 heterocycles. The van der Waals surface area contributed by atoms with Crippen LogP contribution < -0.4 is 10.2 Å². The van der Waals surface area contributed by atoms with Crippen molar-refractivity contribution in [1.29, 1.82) is 0 Å². The predicted octanol–water partition coefficient (Wildman–Crippen LogP) is 6.01. The highest BCUT2D eigenvalue weighted by molar-refractivity contribution is 8.01. The van der Waals surface area contributed by atoms with Crippen molar-refractivity contribution in [2.75, 3.05) is 12.4 Å². The molecule has 31 heavy (non-hydrogen) atoms. The molecule has 3 rings (SSSR count). The van der Waals surface area contributed by atoms with Crippen molar-refractivity contribution < 1.29 is 9.53 Å². The topological polar surface area (TPSA) is 63.6 Å². The largest absolute Gasteiger partial charge is 0.494 e. The standard InChI is InChI=1S/C24H27N3O2S2/c1-2-3-4-8-15-29-21-13-11-19(12-14-21)16-25-27-23(28)18-31-24-26-22(17-30-24)20-9-6-5-7-10-20/h5-7,9-14,16-17H,2-4,8,15,18H2,1H3,(H,27,28)/b25-16+. The zero-order chi connectivity index (χ0) is 21.7. The van der Waals surface area contributed by atoms with Crippen molar-refractivity contribution in [2.45, 2.75) is 36.9 Å². The van der Waals surface area contributed by atoms with Crippen molar-refractivity contribution in [3.05, 3.63) is 65.5 Å². The molecule has 5 nitrogen and oxygen atoms in total. The number of nitrogens with zero attached hydrogens (tertiary/aromatic N) is 2. The molecule has 3 aromatic rings. The summed E-state index contributed by atoms with van der Waals surface area (Å²) in [5, 5.41) is 6.04. The van der Waals surface area contributed by atoms with Gasteiger partial charge in [-0.1, -0.05) is 68.3 Å². The second-order valence-corrected chi connectivity index (χ2v) is 9.01. The lowest BCUT2D eigenvalue weighted by molar-refractivity contribution is -0.118. The molecule has 0 aliphatic rings. The van der Waals surface area contributed by atoms with Crippen LogP contribution in [0.5, 0.6) is 5.75 Å². The van der Waals surface area contributed by atoms with Crippen LogP contribution in [0.4, 0.5) is 0 Å². The van der Waals surface area contributed by atoms with Crippen LogP contribution in [-0.2, 0) is 4.79 Å². The van der Waals surface area contributed by atoms with E-state index in [1.54, 1.807) is 6.21 Å². The summed E-state index contributed by atoms with van der Waals surface area (Å²) in [5.74, 6) is 0.960. The van der Waals surface area contributed by atoms with Crippen LogP contribution in [0.25, 0.3) is 11.3 Å². The minimum atomic E-state index is -0.162. The Hall–Kier alpha value is -2.64. The van der Waals surface area contributed by atoms with E-state index in [9.17, 15) is 4.79 Å². The van der Waals surface area contributed by atoms with Gasteiger partial charge in [0.2, 0.25) is 0 Å². The Balaban J connectivity index is 1.37. The van der Waals surface area contributed by atoms with Gasteiger partial charge >= 0.3 is 0 Å². The van der Waals surface area contributed by atoms with Crippen molar-refractivity contribution in [1.82, 2.24) is 10.4 Å². The van der Waals surface area contributed by atoms with E-state index >= 15 is 0 Å². The molecule has 1 amide bonds. The number of rotatable bonds is 12. The molecule has 0 saturated heterocycles. The molecule has 0 atom stereocenters.